The smallest absolute Gasteiger partial charge is 0.408 e. The van der Waals surface area contributed by atoms with Crippen molar-refractivity contribution in [3.8, 4) is 0 Å². The van der Waals surface area contributed by atoms with Crippen molar-refractivity contribution in [1.29, 1.82) is 0 Å². The van der Waals surface area contributed by atoms with E-state index in [1.807, 2.05) is 30.3 Å². The van der Waals surface area contributed by atoms with Crippen molar-refractivity contribution >= 4 is 29.5 Å². The van der Waals surface area contributed by atoms with Crippen molar-refractivity contribution in [2.24, 2.45) is 0 Å². The van der Waals surface area contributed by atoms with Crippen LogP contribution in [0.2, 0.25) is 0 Å². The second-order valence-corrected chi connectivity index (χ2v) is 12.6. The summed E-state index contributed by atoms with van der Waals surface area (Å²) in [7, 11) is 0. The largest absolute Gasteiger partial charge is 0.458 e. The molecule has 0 radical (unpaired) electrons. The number of amides is 1. The summed E-state index contributed by atoms with van der Waals surface area (Å²) >= 11 is 0. The fourth-order valence-electron chi connectivity index (χ4n) is 5.78. The molecule has 1 aromatic carbocycles. The van der Waals surface area contributed by atoms with Gasteiger partial charge in [-0.25, -0.2) is 24.5 Å². The molecule has 5 rings (SSSR count). The SMILES string of the molecule is CCc1c(NC[C@@H](NC(=O)OCc2ccccc2)C(=O)OC(C)(C)C)ncnc1N1CCC(c2ccc3c(n2)NCCC3)CC1. The Morgan fingerprint density at radius 1 is 1.09 bits per heavy atom. The van der Waals surface area contributed by atoms with E-state index in [2.05, 4.69) is 49.9 Å². The first-order valence-electron chi connectivity index (χ1n) is 16.0. The molecule has 3 N–H and O–H groups in total. The summed E-state index contributed by atoms with van der Waals surface area (Å²) < 4.78 is 11.0. The van der Waals surface area contributed by atoms with E-state index >= 15 is 0 Å². The van der Waals surface area contributed by atoms with Crippen LogP contribution in [0.1, 0.15) is 75.3 Å². The molecule has 11 heteroatoms. The normalized spacial score (nSPS) is 15.8. The summed E-state index contributed by atoms with van der Waals surface area (Å²) in [4.78, 5) is 42.2. The van der Waals surface area contributed by atoms with Crippen LogP contribution in [0.25, 0.3) is 0 Å². The number of pyridine rings is 1. The third-order valence-electron chi connectivity index (χ3n) is 8.07. The minimum atomic E-state index is -0.995. The van der Waals surface area contributed by atoms with Gasteiger partial charge in [-0.3, -0.25) is 0 Å². The van der Waals surface area contributed by atoms with Crippen LogP contribution in [-0.4, -0.2) is 64.8 Å². The van der Waals surface area contributed by atoms with Gasteiger partial charge in [-0.2, -0.15) is 0 Å². The number of hydrogen-bond acceptors (Lipinski definition) is 10. The fraction of sp³-hybridized carbons (Fsp3) is 0.500. The van der Waals surface area contributed by atoms with Crippen LogP contribution in [0.15, 0.2) is 48.8 Å². The molecule has 3 aromatic rings. The Morgan fingerprint density at radius 3 is 2.60 bits per heavy atom. The lowest BCUT2D eigenvalue weighted by Crippen LogP contribution is -2.48. The number of carbonyl (C=O) groups is 2. The number of esters is 1. The summed E-state index contributed by atoms with van der Waals surface area (Å²) in [6, 6.07) is 12.8. The number of nitrogens with zero attached hydrogens (tertiary/aromatic N) is 4. The molecule has 1 fully saturated rings. The third kappa shape index (κ3) is 8.61. The maximum atomic E-state index is 13.1. The predicted octanol–water partition coefficient (Wildman–Crippen LogP) is 5.22. The van der Waals surface area contributed by atoms with Crippen molar-refractivity contribution in [2.45, 2.75) is 84.0 Å². The second-order valence-electron chi connectivity index (χ2n) is 12.6. The number of fused-ring (bicyclic) bond motifs is 1. The van der Waals surface area contributed by atoms with Gasteiger partial charge < -0.3 is 30.3 Å². The van der Waals surface area contributed by atoms with Crippen molar-refractivity contribution in [2.75, 3.05) is 41.7 Å². The third-order valence-corrected chi connectivity index (χ3v) is 8.07. The summed E-state index contributed by atoms with van der Waals surface area (Å²) in [5.74, 6) is 2.40. The van der Waals surface area contributed by atoms with E-state index < -0.39 is 23.7 Å². The highest BCUT2D eigenvalue weighted by Crippen LogP contribution is 2.33. The lowest BCUT2D eigenvalue weighted by molar-refractivity contribution is -0.156. The molecule has 11 nitrogen and oxygen atoms in total. The molecule has 0 unspecified atom stereocenters. The first-order valence-corrected chi connectivity index (χ1v) is 16.0. The van der Waals surface area contributed by atoms with E-state index in [0.717, 1.165) is 73.8 Å². The molecule has 0 aliphatic carbocycles. The number of aryl methyl sites for hydroxylation is 1. The molecule has 240 valence electrons. The standard InChI is InChI=1S/C34H45N7O4/c1-5-26-30(36-20-28(32(42)45-34(2,3)4)40-33(43)44-21-23-10-7-6-8-11-23)37-22-38-31(26)41-18-15-24(16-19-41)27-14-13-25-12-9-17-35-29(25)39-27/h6-8,10-11,13-14,22,24,28H,5,9,12,15-21H2,1-4H3,(H,35,39)(H,40,43)(H,36,37,38)/t28-/m1/s1. The Bertz CT molecular complexity index is 1450. The van der Waals surface area contributed by atoms with Crippen LogP contribution in [0, 0.1) is 0 Å². The van der Waals surface area contributed by atoms with Crippen molar-refractivity contribution < 1.29 is 19.1 Å². The number of rotatable bonds is 10. The highest BCUT2D eigenvalue weighted by atomic mass is 16.6. The quantitative estimate of drug-likeness (QED) is 0.261. The monoisotopic (exact) mass is 615 g/mol. The molecular formula is C34H45N7O4. The molecule has 0 bridgehead atoms. The molecule has 4 heterocycles. The van der Waals surface area contributed by atoms with Gasteiger partial charge >= 0.3 is 12.1 Å². The number of benzene rings is 1. The number of nitrogens with one attached hydrogen (secondary N) is 3. The maximum absolute atomic E-state index is 13.1. The number of aromatic nitrogens is 3. The molecule has 2 aliphatic heterocycles. The Labute approximate surface area is 265 Å². The number of anilines is 3. The van der Waals surface area contributed by atoms with Gasteiger partial charge in [0.05, 0.1) is 0 Å². The zero-order valence-corrected chi connectivity index (χ0v) is 26.8. The lowest BCUT2D eigenvalue weighted by atomic mass is 9.92. The van der Waals surface area contributed by atoms with E-state index in [1.165, 1.54) is 5.56 Å². The number of piperidine rings is 1. The van der Waals surface area contributed by atoms with E-state index in [9.17, 15) is 9.59 Å². The van der Waals surface area contributed by atoms with Gasteiger partial charge in [0.25, 0.3) is 0 Å². The average Bonchev–Trinajstić information content (AvgIpc) is 3.05. The van der Waals surface area contributed by atoms with Crippen molar-refractivity contribution in [1.82, 2.24) is 20.3 Å². The van der Waals surface area contributed by atoms with E-state index in [1.54, 1.807) is 27.1 Å². The van der Waals surface area contributed by atoms with Crippen molar-refractivity contribution in [3.63, 3.8) is 0 Å². The number of ether oxygens (including phenoxy) is 2. The average molecular weight is 616 g/mol. The fourth-order valence-corrected chi connectivity index (χ4v) is 5.78. The van der Waals surface area contributed by atoms with Gasteiger partial charge in [0.1, 0.15) is 42.0 Å². The molecule has 45 heavy (non-hydrogen) atoms. The van der Waals surface area contributed by atoms with Crippen molar-refractivity contribution in [3.05, 3.63) is 71.2 Å². The van der Waals surface area contributed by atoms with E-state index in [-0.39, 0.29) is 13.2 Å². The topological polar surface area (TPSA) is 131 Å². The first kappa shape index (κ1) is 32.0. The maximum Gasteiger partial charge on any atom is 0.408 e. The zero-order chi connectivity index (χ0) is 31.8. The minimum absolute atomic E-state index is 0.0684. The second kappa shape index (κ2) is 14.6. The van der Waals surface area contributed by atoms with Crippen LogP contribution in [0.4, 0.5) is 22.2 Å². The summed E-state index contributed by atoms with van der Waals surface area (Å²) in [5, 5.41) is 9.41. The van der Waals surface area contributed by atoms with Gasteiger partial charge in [-0.05, 0) is 70.1 Å². The summed E-state index contributed by atoms with van der Waals surface area (Å²) in [6.07, 6.45) is 5.74. The predicted molar refractivity (Wildman–Crippen MR) is 175 cm³/mol. The van der Waals surface area contributed by atoms with E-state index in [4.69, 9.17) is 14.5 Å². The Balaban J connectivity index is 1.23. The van der Waals surface area contributed by atoms with Crippen LogP contribution in [0.3, 0.4) is 0 Å². The lowest BCUT2D eigenvalue weighted by Gasteiger charge is -2.34. The first-order chi connectivity index (χ1) is 21.7. The van der Waals surface area contributed by atoms with E-state index in [0.29, 0.717) is 18.2 Å². The Morgan fingerprint density at radius 2 is 1.87 bits per heavy atom. The molecule has 0 saturated carbocycles. The molecule has 0 spiro atoms. The molecular weight excluding hydrogens is 570 g/mol. The summed E-state index contributed by atoms with van der Waals surface area (Å²) in [5.41, 5.74) is 3.55. The van der Waals surface area contributed by atoms with Crippen LogP contribution >= 0.6 is 0 Å². The highest BCUT2D eigenvalue weighted by Gasteiger charge is 2.29. The highest BCUT2D eigenvalue weighted by molar-refractivity contribution is 5.82. The van der Waals surface area contributed by atoms with Gasteiger partial charge in [-0.15, -0.1) is 0 Å². The Hall–Kier alpha value is -4.41. The number of alkyl carbamates (subject to hydrolysis) is 1. The van der Waals surface area contributed by atoms with Crippen LogP contribution in [-0.2, 0) is 33.7 Å². The number of carbonyl (C=O) groups excluding carboxylic acids is 2. The Kier molecular flexibility index (Phi) is 10.4. The van der Waals surface area contributed by atoms with Crippen LogP contribution in [0.5, 0.6) is 0 Å². The molecule has 1 saturated heterocycles. The molecule has 1 atom stereocenters. The minimum Gasteiger partial charge on any atom is -0.458 e. The van der Waals surface area contributed by atoms with Crippen LogP contribution < -0.4 is 20.9 Å². The van der Waals surface area contributed by atoms with Gasteiger partial charge in [-0.1, -0.05) is 43.3 Å². The van der Waals surface area contributed by atoms with Gasteiger partial charge in [0.2, 0.25) is 0 Å². The molecule has 1 amide bonds. The number of hydrogen-bond donors (Lipinski definition) is 3. The zero-order valence-electron chi connectivity index (χ0n) is 26.8. The molecule has 2 aromatic heterocycles. The summed E-state index contributed by atoms with van der Waals surface area (Å²) in [6.45, 7) is 10.3. The van der Waals surface area contributed by atoms with Gasteiger partial charge in [0.15, 0.2) is 0 Å². The van der Waals surface area contributed by atoms with Gasteiger partial charge in [0, 0.05) is 43.4 Å². The molecule has 2 aliphatic rings.